The lowest BCUT2D eigenvalue weighted by Gasteiger charge is -2.15. The number of non-ortho nitro benzene ring substituents is 1. The van der Waals surface area contributed by atoms with Gasteiger partial charge < -0.3 is 4.74 Å². The smallest absolute Gasteiger partial charge is 0.387 e. The summed E-state index contributed by atoms with van der Waals surface area (Å²) < 4.78 is 29.7. The third-order valence-corrected chi connectivity index (χ3v) is 5.41. The molecular formula is C18H15F2N3O3S. The number of alkyl halides is 2. The zero-order chi connectivity index (χ0) is 19.6. The summed E-state index contributed by atoms with van der Waals surface area (Å²) in [5, 5.41) is 21.0. The summed E-state index contributed by atoms with van der Waals surface area (Å²) in [5.74, 6) is 0.307. The van der Waals surface area contributed by atoms with E-state index in [2.05, 4.69) is 16.6 Å². The molecule has 1 aliphatic rings. The van der Waals surface area contributed by atoms with Crippen LogP contribution in [0.4, 0.5) is 14.5 Å². The van der Waals surface area contributed by atoms with E-state index >= 15 is 0 Å². The van der Waals surface area contributed by atoms with E-state index in [9.17, 15) is 24.2 Å². The number of hydrogen-bond donors (Lipinski definition) is 0. The minimum Gasteiger partial charge on any atom is -0.434 e. The Morgan fingerprint density at radius 1 is 1.56 bits per heavy atom. The Hall–Kier alpha value is -2.86. The normalized spacial score (nSPS) is 16.7. The van der Waals surface area contributed by atoms with Crippen molar-refractivity contribution in [2.75, 3.05) is 0 Å². The Morgan fingerprint density at radius 3 is 3.00 bits per heavy atom. The number of rotatable bonds is 5. The van der Waals surface area contributed by atoms with E-state index in [-0.39, 0.29) is 22.6 Å². The van der Waals surface area contributed by atoms with E-state index in [0.29, 0.717) is 10.9 Å². The first-order valence-corrected chi connectivity index (χ1v) is 9.03. The zero-order valence-corrected chi connectivity index (χ0v) is 15.1. The van der Waals surface area contributed by atoms with Gasteiger partial charge in [-0.3, -0.25) is 10.1 Å². The van der Waals surface area contributed by atoms with Gasteiger partial charge in [0.25, 0.3) is 5.69 Å². The lowest BCUT2D eigenvalue weighted by molar-refractivity contribution is -0.384. The minimum atomic E-state index is -3.09. The van der Waals surface area contributed by atoms with Gasteiger partial charge in [-0.2, -0.15) is 14.0 Å². The maximum Gasteiger partial charge on any atom is 0.387 e. The van der Waals surface area contributed by atoms with Gasteiger partial charge >= 0.3 is 6.61 Å². The average molecular weight is 391 g/mol. The van der Waals surface area contributed by atoms with Crippen molar-refractivity contribution in [2.45, 2.75) is 32.8 Å². The van der Waals surface area contributed by atoms with Crippen molar-refractivity contribution < 1.29 is 18.4 Å². The van der Waals surface area contributed by atoms with Gasteiger partial charge in [0.15, 0.2) is 0 Å². The van der Waals surface area contributed by atoms with Crippen LogP contribution in [-0.2, 0) is 12.8 Å². The number of allylic oxidation sites excluding steroid dienone is 1. The molecule has 1 aromatic carbocycles. The van der Waals surface area contributed by atoms with E-state index in [4.69, 9.17) is 0 Å². The third kappa shape index (κ3) is 4.28. The molecule has 1 aromatic heterocycles. The van der Waals surface area contributed by atoms with E-state index in [1.807, 2.05) is 6.07 Å². The predicted octanol–water partition coefficient (Wildman–Crippen LogP) is 4.84. The molecule has 3 rings (SSSR count). The van der Waals surface area contributed by atoms with Crippen LogP contribution in [0.3, 0.4) is 0 Å². The number of hydrogen-bond acceptors (Lipinski definition) is 6. The van der Waals surface area contributed by atoms with Crippen LogP contribution in [0.5, 0.6) is 5.75 Å². The predicted molar refractivity (Wildman–Crippen MR) is 96.5 cm³/mol. The number of nitro benzene ring substituents is 1. The zero-order valence-electron chi connectivity index (χ0n) is 14.3. The molecule has 1 unspecified atom stereocenters. The van der Waals surface area contributed by atoms with Crippen LogP contribution in [0.2, 0.25) is 0 Å². The Balaban J connectivity index is 2.03. The second-order valence-electron chi connectivity index (χ2n) is 6.26. The fraction of sp³-hybridized carbons (Fsp3) is 0.333. The van der Waals surface area contributed by atoms with Crippen molar-refractivity contribution in [1.29, 1.82) is 5.26 Å². The van der Waals surface area contributed by atoms with Gasteiger partial charge in [0.1, 0.15) is 16.8 Å². The Labute approximate surface area is 157 Å². The van der Waals surface area contributed by atoms with Crippen molar-refractivity contribution in [3.63, 3.8) is 0 Å². The van der Waals surface area contributed by atoms with Gasteiger partial charge in [0.05, 0.1) is 16.2 Å². The molecular weight excluding hydrogens is 376 g/mol. The van der Waals surface area contributed by atoms with Crippen LogP contribution in [0, 0.1) is 27.4 Å². The summed E-state index contributed by atoms with van der Waals surface area (Å²) in [4.78, 5) is 16.0. The van der Waals surface area contributed by atoms with E-state index in [0.717, 1.165) is 48.0 Å². The molecule has 27 heavy (non-hydrogen) atoms. The summed E-state index contributed by atoms with van der Waals surface area (Å²) in [6, 6.07) is 5.29. The molecule has 0 radical (unpaired) electrons. The second kappa shape index (κ2) is 7.80. The molecule has 0 saturated heterocycles. The second-order valence-corrected chi connectivity index (χ2v) is 7.35. The standard InChI is InChI=1S/C18H15F2N3O3S/c1-10-2-4-14-16(6-10)27-17(22-14)12(9-21)7-11-8-13(23(24)25)3-5-15(11)26-18(19)20/h3,5,7-8,10,18H,2,4,6H2,1H3/b12-7+. The van der Waals surface area contributed by atoms with Crippen LogP contribution in [-0.4, -0.2) is 16.5 Å². The number of nitrogens with zero attached hydrogens (tertiary/aromatic N) is 3. The highest BCUT2D eigenvalue weighted by Gasteiger charge is 2.22. The number of nitro groups is 1. The lowest BCUT2D eigenvalue weighted by Crippen LogP contribution is -2.09. The molecule has 0 amide bonds. The van der Waals surface area contributed by atoms with Crippen LogP contribution in [0.15, 0.2) is 18.2 Å². The quantitative estimate of drug-likeness (QED) is 0.413. The molecule has 0 bridgehead atoms. The summed E-state index contributed by atoms with van der Waals surface area (Å²) in [7, 11) is 0. The highest BCUT2D eigenvalue weighted by Crippen LogP contribution is 2.34. The van der Waals surface area contributed by atoms with Crippen LogP contribution in [0.1, 0.15) is 34.5 Å². The first kappa shape index (κ1) is 18.9. The lowest BCUT2D eigenvalue weighted by atomic mass is 9.93. The number of thiazole rings is 1. The molecule has 1 atom stereocenters. The minimum absolute atomic E-state index is 0.0302. The molecule has 2 aromatic rings. The van der Waals surface area contributed by atoms with Crippen molar-refractivity contribution in [2.24, 2.45) is 5.92 Å². The van der Waals surface area contributed by atoms with E-state index < -0.39 is 11.5 Å². The van der Waals surface area contributed by atoms with Gasteiger partial charge in [0.2, 0.25) is 0 Å². The number of halogens is 2. The van der Waals surface area contributed by atoms with Gasteiger partial charge in [-0.1, -0.05) is 6.92 Å². The Bertz CT molecular complexity index is 950. The molecule has 0 aliphatic heterocycles. The van der Waals surface area contributed by atoms with Gasteiger partial charge in [-0.15, -0.1) is 11.3 Å². The number of ether oxygens (including phenoxy) is 1. The third-order valence-electron chi connectivity index (χ3n) is 4.26. The number of nitriles is 1. The van der Waals surface area contributed by atoms with Gasteiger partial charge in [0, 0.05) is 22.6 Å². The highest BCUT2D eigenvalue weighted by molar-refractivity contribution is 7.13. The average Bonchev–Trinajstić information content (AvgIpc) is 3.02. The molecule has 9 heteroatoms. The highest BCUT2D eigenvalue weighted by atomic mass is 32.1. The van der Waals surface area contributed by atoms with Crippen molar-refractivity contribution in [3.05, 3.63) is 49.5 Å². The number of aryl methyl sites for hydroxylation is 1. The van der Waals surface area contributed by atoms with Gasteiger partial charge in [-0.05, 0) is 37.3 Å². The summed E-state index contributed by atoms with van der Waals surface area (Å²) in [5.41, 5.74) is 0.856. The van der Waals surface area contributed by atoms with Crippen molar-refractivity contribution >= 4 is 28.7 Å². The van der Waals surface area contributed by atoms with Crippen molar-refractivity contribution in [3.8, 4) is 11.8 Å². The molecule has 0 saturated carbocycles. The topological polar surface area (TPSA) is 89.0 Å². The number of aromatic nitrogens is 1. The molecule has 0 N–H and O–H groups in total. The fourth-order valence-corrected chi connectivity index (χ4v) is 4.16. The molecule has 1 aliphatic carbocycles. The SMILES string of the molecule is CC1CCc2nc(/C(C#N)=C/c3cc([N+](=O)[O-])ccc3OC(F)F)sc2C1. The first-order valence-electron chi connectivity index (χ1n) is 8.21. The molecule has 0 fully saturated rings. The van der Waals surface area contributed by atoms with E-state index in [1.54, 1.807) is 0 Å². The maximum absolute atomic E-state index is 12.6. The molecule has 6 nitrogen and oxygen atoms in total. The summed E-state index contributed by atoms with van der Waals surface area (Å²) in [6.07, 6.45) is 4.06. The molecule has 1 heterocycles. The van der Waals surface area contributed by atoms with E-state index in [1.165, 1.54) is 17.4 Å². The Kier molecular flexibility index (Phi) is 5.46. The maximum atomic E-state index is 12.6. The monoisotopic (exact) mass is 391 g/mol. The molecule has 140 valence electrons. The van der Waals surface area contributed by atoms with Crippen molar-refractivity contribution in [1.82, 2.24) is 4.98 Å². The number of benzene rings is 1. The Morgan fingerprint density at radius 2 is 2.33 bits per heavy atom. The first-order chi connectivity index (χ1) is 12.9. The largest absolute Gasteiger partial charge is 0.434 e. The summed E-state index contributed by atoms with van der Waals surface area (Å²) >= 11 is 1.40. The van der Waals surface area contributed by atoms with Gasteiger partial charge in [-0.25, -0.2) is 4.98 Å². The number of fused-ring (bicyclic) bond motifs is 1. The fourth-order valence-electron chi connectivity index (χ4n) is 2.92. The van der Waals surface area contributed by atoms with Crippen LogP contribution >= 0.6 is 11.3 Å². The summed E-state index contributed by atoms with van der Waals surface area (Å²) in [6.45, 7) is -0.932. The van der Waals surface area contributed by atoms with Crippen LogP contribution < -0.4 is 4.74 Å². The van der Waals surface area contributed by atoms with Crippen LogP contribution in [0.25, 0.3) is 11.6 Å². The molecule has 0 spiro atoms.